The highest BCUT2D eigenvalue weighted by Gasteiger charge is 2.47. The number of hydrogen-bond donors (Lipinski definition) is 2. The number of aromatic amines is 1. The molecule has 7 heteroatoms. The summed E-state index contributed by atoms with van der Waals surface area (Å²) in [5.74, 6) is -0.154. The van der Waals surface area contributed by atoms with Gasteiger partial charge in [0.15, 0.2) is 0 Å². The summed E-state index contributed by atoms with van der Waals surface area (Å²) < 4.78 is 20.5. The van der Waals surface area contributed by atoms with Crippen LogP contribution in [0.5, 0.6) is 0 Å². The van der Waals surface area contributed by atoms with Crippen molar-refractivity contribution in [3.63, 3.8) is 0 Å². The van der Waals surface area contributed by atoms with Crippen LogP contribution in [0.4, 0.5) is 4.39 Å². The van der Waals surface area contributed by atoms with Gasteiger partial charge in [0.05, 0.1) is 30.2 Å². The smallest absolute Gasteiger partial charge is 0.253 e. The van der Waals surface area contributed by atoms with E-state index in [1.54, 1.807) is 6.07 Å². The first-order valence-corrected chi connectivity index (χ1v) is 12.7. The van der Waals surface area contributed by atoms with E-state index in [9.17, 15) is 4.79 Å². The van der Waals surface area contributed by atoms with Crippen LogP contribution in [-0.4, -0.2) is 53.6 Å². The van der Waals surface area contributed by atoms with Crippen molar-refractivity contribution in [2.75, 3.05) is 32.8 Å². The van der Waals surface area contributed by atoms with Crippen LogP contribution in [0.3, 0.4) is 0 Å². The van der Waals surface area contributed by atoms with E-state index < -0.39 is 0 Å². The Morgan fingerprint density at radius 2 is 2.00 bits per heavy atom. The number of benzene rings is 1. The van der Waals surface area contributed by atoms with E-state index in [0.29, 0.717) is 25.3 Å². The van der Waals surface area contributed by atoms with Gasteiger partial charge in [0.2, 0.25) is 0 Å². The molecule has 1 amide bonds. The van der Waals surface area contributed by atoms with Crippen LogP contribution < -0.4 is 5.32 Å². The largest absolute Gasteiger partial charge is 0.379 e. The van der Waals surface area contributed by atoms with Crippen LogP contribution in [0.25, 0.3) is 22.5 Å². The molecule has 0 atom stereocenters. The van der Waals surface area contributed by atoms with Crippen molar-refractivity contribution >= 4 is 5.91 Å². The fourth-order valence-corrected chi connectivity index (χ4v) is 6.29. The summed E-state index contributed by atoms with van der Waals surface area (Å²) in [7, 11) is 0. The lowest BCUT2D eigenvalue weighted by Crippen LogP contribution is -2.51. The van der Waals surface area contributed by atoms with Crippen molar-refractivity contribution in [2.45, 2.75) is 44.1 Å². The number of fused-ring (bicyclic) bond motifs is 6. The number of ether oxygens (including phenoxy) is 1. The number of halogens is 1. The molecule has 0 radical (unpaired) electrons. The fraction of sp³-hybridized carbons (Fsp3) is 0.429. The van der Waals surface area contributed by atoms with Gasteiger partial charge in [-0.15, -0.1) is 0 Å². The molecule has 1 spiro atoms. The van der Waals surface area contributed by atoms with E-state index in [1.807, 2.05) is 18.3 Å². The second-order valence-corrected chi connectivity index (χ2v) is 10.5. The molecule has 6 nitrogen and oxygen atoms in total. The minimum absolute atomic E-state index is 0.0469. The number of nitrogens with zero attached hydrogens (tertiary/aromatic N) is 2. The molecule has 0 bridgehead atoms. The van der Waals surface area contributed by atoms with Gasteiger partial charge in [0.1, 0.15) is 5.82 Å². The monoisotopic (exact) mass is 472 g/mol. The molecule has 2 fully saturated rings. The first-order valence-electron chi connectivity index (χ1n) is 12.7. The predicted molar refractivity (Wildman–Crippen MR) is 131 cm³/mol. The normalized spacial score (nSPS) is 20.5. The quantitative estimate of drug-likeness (QED) is 0.605. The molecule has 1 saturated carbocycles. The highest BCUT2D eigenvalue weighted by molar-refractivity contribution is 6.01. The second-order valence-electron chi connectivity index (χ2n) is 10.5. The molecule has 180 valence electrons. The lowest BCUT2D eigenvalue weighted by atomic mass is 9.64. The number of nitrogens with one attached hydrogen (secondary N) is 2. The van der Waals surface area contributed by atoms with E-state index in [1.165, 1.54) is 12.0 Å². The average molecular weight is 473 g/mol. The number of aryl methyl sites for hydroxylation is 1. The van der Waals surface area contributed by atoms with Crippen molar-refractivity contribution in [3.8, 4) is 22.5 Å². The average Bonchev–Trinajstić information content (AvgIpc) is 3.26. The zero-order valence-corrected chi connectivity index (χ0v) is 19.8. The van der Waals surface area contributed by atoms with E-state index >= 15 is 4.39 Å². The summed E-state index contributed by atoms with van der Waals surface area (Å²) in [6, 6.07) is 7.51. The van der Waals surface area contributed by atoms with Crippen LogP contribution in [0, 0.1) is 5.82 Å². The zero-order chi connectivity index (χ0) is 23.6. The SMILES string of the molecule is O=C1NCC2(CCC2)c2[nH]c3c(c21)CCc1cnc(-c2ccc(CN4CCOCC4)c(F)c2)cc1-3. The van der Waals surface area contributed by atoms with E-state index in [-0.39, 0.29) is 17.1 Å². The maximum Gasteiger partial charge on any atom is 0.253 e. The van der Waals surface area contributed by atoms with Crippen LogP contribution in [0.2, 0.25) is 0 Å². The lowest BCUT2D eigenvalue weighted by molar-refractivity contribution is 0.0337. The molecule has 1 aromatic carbocycles. The van der Waals surface area contributed by atoms with Gasteiger partial charge in [-0.2, -0.15) is 0 Å². The molecular formula is C28H29FN4O2. The summed E-state index contributed by atoms with van der Waals surface area (Å²) in [6.45, 7) is 4.37. The molecule has 1 saturated heterocycles. The number of carbonyl (C=O) groups is 1. The Kier molecular flexibility index (Phi) is 4.86. The van der Waals surface area contributed by atoms with Gasteiger partial charge in [-0.3, -0.25) is 14.7 Å². The first-order chi connectivity index (χ1) is 17.1. The minimum Gasteiger partial charge on any atom is -0.379 e. The third kappa shape index (κ3) is 3.36. The Balaban J connectivity index is 1.24. The predicted octanol–water partition coefficient (Wildman–Crippen LogP) is 3.98. The summed E-state index contributed by atoms with van der Waals surface area (Å²) in [5.41, 5.74) is 8.72. The molecule has 0 unspecified atom stereocenters. The zero-order valence-electron chi connectivity index (χ0n) is 19.8. The second kappa shape index (κ2) is 8.00. The third-order valence-corrected chi connectivity index (χ3v) is 8.51. The van der Waals surface area contributed by atoms with Crippen molar-refractivity contribution < 1.29 is 13.9 Å². The van der Waals surface area contributed by atoms with E-state index in [2.05, 4.69) is 26.3 Å². The van der Waals surface area contributed by atoms with Crippen molar-refractivity contribution in [3.05, 3.63) is 64.2 Å². The number of morpholine rings is 1. The Morgan fingerprint density at radius 1 is 1.14 bits per heavy atom. The van der Waals surface area contributed by atoms with Crippen LogP contribution in [-0.2, 0) is 29.5 Å². The number of hydrogen-bond acceptors (Lipinski definition) is 4. The maximum atomic E-state index is 15.1. The molecule has 7 rings (SSSR count). The molecule has 2 aromatic heterocycles. The molecule has 2 aliphatic heterocycles. The highest BCUT2D eigenvalue weighted by Crippen LogP contribution is 2.49. The number of aromatic nitrogens is 2. The maximum absolute atomic E-state index is 15.1. The summed E-state index contributed by atoms with van der Waals surface area (Å²) in [4.78, 5) is 23.5. The van der Waals surface area contributed by atoms with E-state index in [4.69, 9.17) is 4.74 Å². The fourth-order valence-electron chi connectivity index (χ4n) is 6.29. The third-order valence-electron chi connectivity index (χ3n) is 8.51. The van der Waals surface area contributed by atoms with Crippen molar-refractivity contribution in [2.24, 2.45) is 0 Å². The van der Waals surface area contributed by atoms with Crippen molar-refractivity contribution in [1.82, 2.24) is 20.2 Å². The molecule has 4 aliphatic rings. The van der Waals surface area contributed by atoms with Crippen LogP contribution in [0.15, 0.2) is 30.5 Å². The number of rotatable bonds is 3. The molecule has 4 heterocycles. The standard InChI is InChI=1S/C28H29FN4O2/c29-22-12-17(2-3-19(22)15-33-8-10-35-11-9-33)23-13-21-18(14-30-23)4-5-20-24-26(32-25(20)21)28(6-1-7-28)16-31-27(24)34/h2-3,12-14,32H,1,4-11,15-16H2,(H,31,34). The molecule has 3 aromatic rings. The molecule has 2 aliphatic carbocycles. The molecule has 35 heavy (non-hydrogen) atoms. The highest BCUT2D eigenvalue weighted by atomic mass is 19.1. The number of H-pyrrole nitrogens is 1. The summed E-state index contributed by atoms with van der Waals surface area (Å²) >= 11 is 0. The van der Waals surface area contributed by atoms with Gasteiger partial charge >= 0.3 is 0 Å². The Labute approximate surface area is 203 Å². The minimum atomic E-state index is -0.201. The van der Waals surface area contributed by atoms with Gasteiger partial charge in [0.25, 0.3) is 5.91 Å². The summed E-state index contributed by atoms with van der Waals surface area (Å²) in [5, 5.41) is 3.15. The topological polar surface area (TPSA) is 70.2 Å². The van der Waals surface area contributed by atoms with Gasteiger partial charge in [-0.05, 0) is 48.9 Å². The number of carbonyl (C=O) groups excluding carboxylic acids is 1. The Bertz CT molecular complexity index is 1340. The Hall–Kier alpha value is -3.03. The molecule has 2 N–H and O–H groups in total. The Morgan fingerprint density at radius 3 is 2.77 bits per heavy atom. The first kappa shape index (κ1) is 21.3. The molecular weight excluding hydrogens is 443 g/mol. The lowest BCUT2D eigenvalue weighted by Gasteiger charge is -2.44. The van der Waals surface area contributed by atoms with Gasteiger partial charge < -0.3 is 15.0 Å². The number of pyridine rings is 1. The van der Waals surface area contributed by atoms with Gasteiger partial charge in [-0.1, -0.05) is 18.6 Å². The van der Waals surface area contributed by atoms with Crippen LogP contribution in [0.1, 0.15) is 52.0 Å². The van der Waals surface area contributed by atoms with E-state index in [0.717, 1.165) is 84.7 Å². The van der Waals surface area contributed by atoms with Gasteiger partial charge in [-0.25, -0.2) is 4.39 Å². The summed E-state index contributed by atoms with van der Waals surface area (Å²) in [6.07, 6.45) is 7.05. The van der Waals surface area contributed by atoms with Gasteiger partial charge in [0, 0.05) is 60.2 Å². The number of amides is 1. The van der Waals surface area contributed by atoms with Crippen LogP contribution >= 0.6 is 0 Å². The van der Waals surface area contributed by atoms with Crippen molar-refractivity contribution in [1.29, 1.82) is 0 Å².